The lowest BCUT2D eigenvalue weighted by Crippen LogP contribution is -2.22. The maximum atomic E-state index is 9.31. The van der Waals surface area contributed by atoms with Crippen molar-refractivity contribution in [2.75, 3.05) is 27.3 Å². The Bertz CT molecular complexity index is 433. The monoisotopic (exact) mass is 299 g/mol. The second-order valence-corrected chi connectivity index (χ2v) is 5.93. The highest BCUT2D eigenvalue weighted by Crippen LogP contribution is 2.39. The number of aliphatic hydroxyl groups excluding tert-OH is 1. The first-order chi connectivity index (χ1) is 9.42. The van der Waals surface area contributed by atoms with E-state index in [9.17, 15) is 5.11 Å². The standard InChI is InChI=1S/C16H26ClNO2/c1-6-20-16-13(11(2)3)9-12(17)10-14(16)15(7-8-19)18(4)5/h9-11,15,19H,6-8H2,1-5H3. The smallest absolute Gasteiger partial charge is 0.127 e. The highest BCUT2D eigenvalue weighted by molar-refractivity contribution is 6.30. The molecule has 0 bridgehead atoms. The normalized spacial score (nSPS) is 13.1. The summed E-state index contributed by atoms with van der Waals surface area (Å²) in [6.07, 6.45) is 0.658. The van der Waals surface area contributed by atoms with Crippen LogP contribution in [-0.2, 0) is 0 Å². The van der Waals surface area contributed by atoms with Crippen molar-refractivity contribution in [1.82, 2.24) is 4.90 Å². The molecular weight excluding hydrogens is 274 g/mol. The molecule has 3 nitrogen and oxygen atoms in total. The molecule has 0 saturated carbocycles. The van der Waals surface area contributed by atoms with Gasteiger partial charge in [-0.1, -0.05) is 25.4 Å². The number of ether oxygens (including phenoxy) is 1. The number of nitrogens with zero attached hydrogens (tertiary/aromatic N) is 1. The third-order valence-corrected chi connectivity index (χ3v) is 3.62. The van der Waals surface area contributed by atoms with Gasteiger partial charge in [0, 0.05) is 23.2 Å². The Morgan fingerprint density at radius 3 is 2.30 bits per heavy atom. The van der Waals surface area contributed by atoms with Crippen LogP contribution in [0.1, 0.15) is 50.3 Å². The van der Waals surface area contributed by atoms with Crippen molar-refractivity contribution >= 4 is 11.6 Å². The first kappa shape index (κ1) is 17.3. The number of hydrogen-bond acceptors (Lipinski definition) is 3. The molecule has 0 fully saturated rings. The average Bonchev–Trinajstić information content (AvgIpc) is 2.37. The van der Waals surface area contributed by atoms with Crippen LogP contribution < -0.4 is 4.74 Å². The molecule has 0 aliphatic heterocycles. The predicted octanol–water partition coefficient (Wildman–Crippen LogP) is 3.85. The summed E-state index contributed by atoms with van der Waals surface area (Å²) in [6, 6.07) is 4.03. The molecule has 1 N–H and O–H groups in total. The lowest BCUT2D eigenvalue weighted by Gasteiger charge is -2.28. The third kappa shape index (κ3) is 4.11. The molecule has 4 heteroatoms. The Kier molecular flexibility index (Phi) is 6.80. The van der Waals surface area contributed by atoms with Crippen LogP contribution in [0.25, 0.3) is 0 Å². The molecule has 114 valence electrons. The van der Waals surface area contributed by atoms with Gasteiger partial charge in [-0.05, 0) is 51.1 Å². The second-order valence-electron chi connectivity index (χ2n) is 5.49. The molecule has 0 aliphatic rings. The molecule has 1 aromatic rings. The Balaban J connectivity index is 3.40. The van der Waals surface area contributed by atoms with E-state index in [-0.39, 0.29) is 12.6 Å². The molecule has 20 heavy (non-hydrogen) atoms. The van der Waals surface area contributed by atoms with Crippen molar-refractivity contribution in [1.29, 1.82) is 0 Å². The first-order valence-corrected chi connectivity index (χ1v) is 7.53. The molecule has 0 heterocycles. The van der Waals surface area contributed by atoms with Gasteiger partial charge in [0.25, 0.3) is 0 Å². The average molecular weight is 300 g/mol. The SMILES string of the molecule is CCOc1c(C(C)C)cc(Cl)cc1C(CCO)N(C)C. The van der Waals surface area contributed by atoms with Crippen LogP contribution >= 0.6 is 11.6 Å². The lowest BCUT2D eigenvalue weighted by atomic mass is 9.94. The minimum atomic E-state index is 0.0951. The summed E-state index contributed by atoms with van der Waals surface area (Å²) in [6.45, 7) is 7.01. The van der Waals surface area contributed by atoms with E-state index in [2.05, 4.69) is 18.7 Å². The molecule has 1 rings (SSSR count). The van der Waals surface area contributed by atoms with Gasteiger partial charge in [-0.15, -0.1) is 0 Å². The van der Waals surface area contributed by atoms with Crippen molar-refractivity contribution in [2.24, 2.45) is 0 Å². The zero-order chi connectivity index (χ0) is 15.3. The maximum absolute atomic E-state index is 9.31. The number of benzene rings is 1. The van der Waals surface area contributed by atoms with Gasteiger partial charge in [-0.3, -0.25) is 0 Å². The largest absolute Gasteiger partial charge is 0.493 e. The van der Waals surface area contributed by atoms with Crippen LogP contribution in [0.3, 0.4) is 0 Å². The zero-order valence-corrected chi connectivity index (χ0v) is 13.9. The van der Waals surface area contributed by atoms with Crippen LogP contribution in [0, 0.1) is 0 Å². The lowest BCUT2D eigenvalue weighted by molar-refractivity contribution is 0.205. The van der Waals surface area contributed by atoms with E-state index >= 15 is 0 Å². The fourth-order valence-corrected chi connectivity index (χ4v) is 2.67. The fourth-order valence-electron chi connectivity index (χ4n) is 2.44. The Morgan fingerprint density at radius 1 is 1.25 bits per heavy atom. The van der Waals surface area contributed by atoms with Gasteiger partial charge in [-0.2, -0.15) is 0 Å². The summed E-state index contributed by atoms with van der Waals surface area (Å²) >= 11 is 6.28. The second kappa shape index (κ2) is 7.87. The van der Waals surface area contributed by atoms with Crippen LogP contribution in [0.4, 0.5) is 0 Å². The molecule has 0 aliphatic carbocycles. The van der Waals surface area contributed by atoms with Gasteiger partial charge in [0.05, 0.1) is 6.61 Å². The molecule has 0 saturated heterocycles. The van der Waals surface area contributed by atoms with Crippen molar-refractivity contribution < 1.29 is 9.84 Å². The van der Waals surface area contributed by atoms with Crippen LogP contribution in [0.15, 0.2) is 12.1 Å². The van der Waals surface area contributed by atoms with Crippen LogP contribution in [-0.4, -0.2) is 37.3 Å². The van der Waals surface area contributed by atoms with Gasteiger partial charge in [0.2, 0.25) is 0 Å². The maximum Gasteiger partial charge on any atom is 0.127 e. The summed E-state index contributed by atoms with van der Waals surface area (Å²) in [5.74, 6) is 1.25. The van der Waals surface area contributed by atoms with Crippen LogP contribution in [0.2, 0.25) is 5.02 Å². The summed E-state index contributed by atoms with van der Waals surface area (Å²) < 4.78 is 5.89. The summed E-state index contributed by atoms with van der Waals surface area (Å²) in [4.78, 5) is 2.09. The fraction of sp³-hybridized carbons (Fsp3) is 0.625. The van der Waals surface area contributed by atoms with E-state index in [1.807, 2.05) is 33.2 Å². The number of hydrogen-bond donors (Lipinski definition) is 1. The Hall–Kier alpha value is -0.770. The summed E-state index contributed by atoms with van der Waals surface area (Å²) in [7, 11) is 4.01. The molecule has 0 amide bonds. The minimum Gasteiger partial charge on any atom is -0.493 e. The zero-order valence-electron chi connectivity index (χ0n) is 13.1. The molecule has 1 atom stereocenters. The van der Waals surface area contributed by atoms with Crippen LogP contribution in [0.5, 0.6) is 5.75 Å². The Morgan fingerprint density at radius 2 is 1.85 bits per heavy atom. The van der Waals surface area contributed by atoms with E-state index in [1.165, 1.54) is 0 Å². The Labute approximate surface area is 127 Å². The van der Waals surface area contributed by atoms with Gasteiger partial charge in [0.15, 0.2) is 0 Å². The van der Waals surface area contributed by atoms with Gasteiger partial charge in [0.1, 0.15) is 5.75 Å². The van der Waals surface area contributed by atoms with Gasteiger partial charge in [-0.25, -0.2) is 0 Å². The summed E-state index contributed by atoms with van der Waals surface area (Å²) in [5, 5.41) is 10.0. The topological polar surface area (TPSA) is 32.7 Å². The van der Waals surface area contributed by atoms with Crippen molar-refractivity contribution in [3.63, 3.8) is 0 Å². The summed E-state index contributed by atoms with van der Waals surface area (Å²) in [5.41, 5.74) is 2.18. The van der Waals surface area contributed by atoms with E-state index in [0.717, 1.165) is 21.9 Å². The quantitative estimate of drug-likeness (QED) is 0.830. The molecule has 1 unspecified atom stereocenters. The molecule has 1 aromatic carbocycles. The number of aliphatic hydroxyl groups is 1. The van der Waals surface area contributed by atoms with Gasteiger partial charge >= 0.3 is 0 Å². The first-order valence-electron chi connectivity index (χ1n) is 7.15. The number of halogens is 1. The highest BCUT2D eigenvalue weighted by Gasteiger charge is 2.22. The molecule has 0 radical (unpaired) electrons. The molecular formula is C16H26ClNO2. The van der Waals surface area contributed by atoms with Crippen molar-refractivity contribution in [2.45, 2.75) is 39.2 Å². The van der Waals surface area contributed by atoms with Gasteiger partial charge < -0.3 is 14.7 Å². The van der Waals surface area contributed by atoms with E-state index in [1.54, 1.807) is 0 Å². The molecule has 0 aromatic heterocycles. The predicted molar refractivity (Wildman–Crippen MR) is 84.8 cm³/mol. The number of rotatable bonds is 7. The highest BCUT2D eigenvalue weighted by atomic mass is 35.5. The van der Waals surface area contributed by atoms with E-state index < -0.39 is 0 Å². The third-order valence-electron chi connectivity index (χ3n) is 3.41. The minimum absolute atomic E-state index is 0.0951. The molecule has 0 spiro atoms. The van der Waals surface area contributed by atoms with Crippen molar-refractivity contribution in [3.05, 3.63) is 28.3 Å². The van der Waals surface area contributed by atoms with E-state index in [0.29, 0.717) is 18.9 Å². The van der Waals surface area contributed by atoms with E-state index in [4.69, 9.17) is 16.3 Å². The van der Waals surface area contributed by atoms with Crippen molar-refractivity contribution in [3.8, 4) is 5.75 Å².